The van der Waals surface area contributed by atoms with Crippen LogP contribution in [-0.4, -0.2) is 137 Å². The van der Waals surface area contributed by atoms with Crippen molar-refractivity contribution in [3.8, 4) is 5.75 Å². The van der Waals surface area contributed by atoms with Gasteiger partial charge in [-0.3, -0.25) is 52.9 Å². The van der Waals surface area contributed by atoms with Crippen molar-refractivity contribution < 1.29 is 53.1 Å². The number of likely N-dealkylation sites (tertiary alicyclic amines) is 1. The minimum Gasteiger partial charge on any atom is -0.508 e. The van der Waals surface area contributed by atoms with E-state index in [9.17, 15) is 53.1 Å². The number of nitrogens with two attached hydrogens (primary N) is 6. The summed E-state index contributed by atoms with van der Waals surface area (Å²) < 4.78 is 0. The maximum atomic E-state index is 14.4. The molecule has 0 unspecified atom stereocenters. The third kappa shape index (κ3) is 21.3. The standard InChI is InChI=1S/C52H72N14O11/c53-24-8-7-15-37(51(77)66-26-10-17-41(66)50(76)61-35(45(56)71)16-9-25-59-52(57)58)63-49(75)40(30-43(55)69)65-46(72)36(22-23-42(54)68)62-48(74)39(27-31-11-3-1-4-12-31)64-47(73)38(28-33-18-20-34(67)21-19-33)60-44(70)29-32-13-5-2-6-14-32/h1-6,11-14,18-21,35-41,67H,7-10,15-17,22-30,53H2,(H2,54,68)(H2,55,69)(H2,56,71)(H,60,70)(H,61,76)(H,62,74)(H,63,75)(H,64,73)(H,65,72)(H4,57,58,59)/t35-,36-,37-,38+,39-,40-,41-/m0/s1. The molecule has 4 rings (SSSR count). The zero-order chi connectivity index (χ0) is 56.4. The molecule has 0 radical (unpaired) electrons. The molecule has 10 amide bonds. The van der Waals surface area contributed by atoms with Crippen molar-refractivity contribution in [3.05, 3.63) is 102 Å². The number of rotatable bonds is 32. The fourth-order valence-corrected chi connectivity index (χ4v) is 8.53. The summed E-state index contributed by atoms with van der Waals surface area (Å²) in [7, 11) is 0. The van der Waals surface area contributed by atoms with Gasteiger partial charge in [-0.1, -0.05) is 72.8 Å². The van der Waals surface area contributed by atoms with Crippen LogP contribution in [0.25, 0.3) is 0 Å². The zero-order valence-corrected chi connectivity index (χ0v) is 42.8. The van der Waals surface area contributed by atoms with E-state index in [0.29, 0.717) is 42.4 Å². The Morgan fingerprint density at radius 2 is 1.10 bits per heavy atom. The predicted molar refractivity (Wildman–Crippen MR) is 283 cm³/mol. The number of phenolic OH excluding ortho intramolecular Hbond substituents is 1. The van der Waals surface area contributed by atoms with Gasteiger partial charge in [0, 0.05) is 32.4 Å². The summed E-state index contributed by atoms with van der Waals surface area (Å²) in [5, 5.41) is 25.5. The number of hydrogen-bond donors (Lipinski definition) is 13. The van der Waals surface area contributed by atoms with Gasteiger partial charge < -0.3 is 76.3 Å². The topological polar surface area (TPSA) is 435 Å². The Bertz CT molecular complexity index is 2530. The van der Waals surface area contributed by atoms with E-state index in [-0.39, 0.29) is 69.9 Å². The number of unbranched alkanes of at least 4 members (excludes halogenated alkanes) is 1. The lowest BCUT2D eigenvalue weighted by Gasteiger charge is -2.31. The number of carbonyl (C=O) groups is 10. The van der Waals surface area contributed by atoms with E-state index in [1.165, 1.54) is 17.0 Å². The Morgan fingerprint density at radius 1 is 0.571 bits per heavy atom. The summed E-state index contributed by atoms with van der Waals surface area (Å²) in [5.41, 5.74) is 34.9. The molecule has 7 atom stereocenters. The molecule has 0 saturated carbocycles. The molecule has 19 N–H and O–H groups in total. The van der Waals surface area contributed by atoms with E-state index in [2.05, 4.69) is 36.9 Å². The highest BCUT2D eigenvalue weighted by Crippen LogP contribution is 2.21. The first kappa shape index (κ1) is 60.9. The molecule has 3 aromatic carbocycles. The average molecular weight is 1070 g/mol. The van der Waals surface area contributed by atoms with Crippen LogP contribution < -0.4 is 66.3 Å². The number of guanidine groups is 1. The number of amides is 10. The zero-order valence-electron chi connectivity index (χ0n) is 42.8. The minimum absolute atomic E-state index is 0.0108. The molecule has 0 spiro atoms. The summed E-state index contributed by atoms with van der Waals surface area (Å²) >= 11 is 0. The molecule has 1 aliphatic rings. The normalized spacial score (nSPS) is 15.2. The fourth-order valence-electron chi connectivity index (χ4n) is 8.53. The Labute approximate surface area is 445 Å². The van der Waals surface area contributed by atoms with Crippen molar-refractivity contribution in [1.29, 1.82) is 0 Å². The molecule has 25 heteroatoms. The van der Waals surface area contributed by atoms with Crippen LogP contribution in [0.1, 0.15) is 80.9 Å². The maximum Gasteiger partial charge on any atom is 0.245 e. The van der Waals surface area contributed by atoms with Crippen molar-refractivity contribution in [2.75, 3.05) is 19.6 Å². The van der Waals surface area contributed by atoms with Crippen LogP contribution >= 0.6 is 0 Å². The molecule has 1 fully saturated rings. The smallest absolute Gasteiger partial charge is 0.245 e. The molecule has 1 heterocycles. The minimum atomic E-state index is -1.76. The van der Waals surface area contributed by atoms with E-state index in [0.717, 1.165) is 0 Å². The van der Waals surface area contributed by atoms with Gasteiger partial charge in [0.15, 0.2) is 5.96 Å². The Hall–Kier alpha value is -8.61. The van der Waals surface area contributed by atoms with Crippen LogP contribution in [0.15, 0.2) is 89.9 Å². The number of benzene rings is 3. The van der Waals surface area contributed by atoms with Crippen LogP contribution in [0, 0.1) is 0 Å². The largest absolute Gasteiger partial charge is 0.508 e. The quantitative estimate of drug-likeness (QED) is 0.0170. The third-order valence-electron chi connectivity index (χ3n) is 12.5. The summed E-state index contributed by atoms with van der Waals surface area (Å²) in [6.07, 6.45) is -0.188. The predicted octanol–water partition coefficient (Wildman–Crippen LogP) is -2.87. The molecular weight excluding hydrogens is 997 g/mol. The number of primary amides is 3. The maximum absolute atomic E-state index is 14.4. The number of aromatic hydroxyl groups is 1. The number of nitrogens with zero attached hydrogens (tertiary/aromatic N) is 2. The Kier molecular flexibility index (Phi) is 24.8. The number of carbonyl (C=O) groups excluding carboxylic acids is 10. The molecule has 0 bridgehead atoms. The Balaban J connectivity index is 1.57. The first-order valence-corrected chi connectivity index (χ1v) is 25.3. The monoisotopic (exact) mass is 1070 g/mol. The Morgan fingerprint density at radius 3 is 1.69 bits per heavy atom. The highest BCUT2D eigenvalue weighted by atomic mass is 16.3. The van der Waals surface area contributed by atoms with E-state index in [1.54, 1.807) is 72.8 Å². The SMILES string of the molecule is NCCCC[C@H](NC(=O)[C@H](CC(N)=O)NC(=O)[C@H](CCC(N)=O)NC(=O)[C@H](Cc1ccccc1)NC(=O)[C@@H](Cc1ccc(O)cc1)NC(=O)Cc1ccccc1)C(=O)N1CCC[C@H]1C(=O)N[C@@H](CCCN=C(N)N)C(N)=O. The van der Waals surface area contributed by atoms with E-state index in [4.69, 9.17) is 34.4 Å². The van der Waals surface area contributed by atoms with Crippen molar-refractivity contribution >= 4 is 65.0 Å². The molecule has 25 nitrogen and oxygen atoms in total. The second-order valence-corrected chi connectivity index (χ2v) is 18.6. The average Bonchev–Trinajstić information content (AvgIpc) is 3.89. The lowest BCUT2D eigenvalue weighted by Crippen LogP contribution is -2.60. The van der Waals surface area contributed by atoms with Gasteiger partial charge in [-0.05, 0) is 86.7 Å². The van der Waals surface area contributed by atoms with Crippen molar-refractivity contribution in [3.63, 3.8) is 0 Å². The molecule has 1 saturated heterocycles. The molecule has 416 valence electrons. The number of hydrogen-bond acceptors (Lipinski definition) is 13. The highest BCUT2D eigenvalue weighted by Gasteiger charge is 2.40. The van der Waals surface area contributed by atoms with Crippen LogP contribution in [-0.2, 0) is 67.2 Å². The van der Waals surface area contributed by atoms with Crippen molar-refractivity contribution in [1.82, 2.24) is 36.8 Å². The van der Waals surface area contributed by atoms with E-state index < -0.39 is 121 Å². The van der Waals surface area contributed by atoms with Gasteiger partial charge in [0.1, 0.15) is 48.0 Å². The summed E-state index contributed by atoms with van der Waals surface area (Å²) in [6, 6.07) is 13.7. The lowest BCUT2D eigenvalue weighted by atomic mass is 10.0. The van der Waals surface area contributed by atoms with Gasteiger partial charge in [-0.25, -0.2) is 0 Å². The number of nitrogens with one attached hydrogen (secondary N) is 6. The molecule has 0 aliphatic carbocycles. The fraction of sp³-hybridized carbons (Fsp3) is 0.442. The lowest BCUT2D eigenvalue weighted by molar-refractivity contribution is -0.142. The summed E-state index contributed by atoms with van der Waals surface area (Å²) in [6.45, 7) is 0.503. The number of phenols is 1. The summed E-state index contributed by atoms with van der Waals surface area (Å²) in [4.78, 5) is 140. The molecule has 1 aliphatic heterocycles. The van der Waals surface area contributed by atoms with Gasteiger partial charge in [-0.15, -0.1) is 0 Å². The van der Waals surface area contributed by atoms with Gasteiger partial charge in [0.2, 0.25) is 59.1 Å². The van der Waals surface area contributed by atoms with Crippen LogP contribution in [0.2, 0.25) is 0 Å². The van der Waals surface area contributed by atoms with Crippen LogP contribution in [0.3, 0.4) is 0 Å². The van der Waals surface area contributed by atoms with Crippen LogP contribution in [0.5, 0.6) is 5.75 Å². The molecule has 77 heavy (non-hydrogen) atoms. The van der Waals surface area contributed by atoms with Crippen LogP contribution in [0.4, 0.5) is 0 Å². The van der Waals surface area contributed by atoms with Gasteiger partial charge >= 0.3 is 0 Å². The van der Waals surface area contributed by atoms with Crippen molar-refractivity contribution in [2.24, 2.45) is 39.4 Å². The van der Waals surface area contributed by atoms with Gasteiger partial charge in [0.05, 0.1) is 12.8 Å². The second kappa shape index (κ2) is 31.3. The van der Waals surface area contributed by atoms with E-state index in [1.807, 2.05) is 0 Å². The molecular formula is C52H72N14O11. The molecule has 3 aromatic rings. The summed E-state index contributed by atoms with van der Waals surface area (Å²) in [5.74, 6) is -8.58. The van der Waals surface area contributed by atoms with Gasteiger partial charge in [-0.2, -0.15) is 0 Å². The molecule has 0 aromatic heterocycles. The number of aliphatic imine (C=N–C) groups is 1. The second-order valence-electron chi connectivity index (χ2n) is 18.6. The third-order valence-corrected chi connectivity index (χ3v) is 12.5. The first-order chi connectivity index (χ1) is 36.7. The van der Waals surface area contributed by atoms with Crippen molar-refractivity contribution in [2.45, 2.75) is 126 Å². The first-order valence-electron chi connectivity index (χ1n) is 25.3. The van der Waals surface area contributed by atoms with E-state index >= 15 is 0 Å². The van der Waals surface area contributed by atoms with Gasteiger partial charge in [0.25, 0.3) is 0 Å². The highest BCUT2D eigenvalue weighted by molar-refractivity contribution is 5.99.